The minimum atomic E-state index is 0.407. The van der Waals surface area contributed by atoms with Crippen molar-refractivity contribution in [3.8, 4) is 0 Å². The van der Waals surface area contributed by atoms with Crippen LogP contribution >= 0.6 is 0 Å². The highest BCUT2D eigenvalue weighted by Crippen LogP contribution is 2.20. The lowest BCUT2D eigenvalue weighted by molar-refractivity contribution is 0.0342. The molecule has 0 aliphatic carbocycles. The zero-order valence-electron chi connectivity index (χ0n) is 19.5. The monoisotopic (exact) mass is 435 g/mol. The Kier molecular flexibility index (Phi) is 8.02. The van der Waals surface area contributed by atoms with Gasteiger partial charge in [-0.25, -0.2) is 4.99 Å². The lowest BCUT2D eigenvalue weighted by atomic mass is 10.1. The SMILES string of the molecule is CCNC(=NCc1ccc(CN2CCOCC2)cc1)NC1CCN(c2ccc(C)cc2)C1. The van der Waals surface area contributed by atoms with Crippen molar-refractivity contribution < 1.29 is 4.74 Å². The first kappa shape index (κ1) is 22.6. The van der Waals surface area contributed by atoms with Crippen LogP contribution in [0.1, 0.15) is 30.0 Å². The summed E-state index contributed by atoms with van der Waals surface area (Å²) in [7, 11) is 0. The number of hydrogen-bond acceptors (Lipinski definition) is 4. The molecule has 2 aliphatic heterocycles. The van der Waals surface area contributed by atoms with Crippen molar-refractivity contribution in [2.45, 2.75) is 39.4 Å². The molecule has 0 radical (unpaired) electrons. The molecule has 172 valence electrons. The highest BCUT2D eigenvalue weighted by atomic mass is 16.5. The minimum absolute atomic E-state index is 0.407. The maximum Gasteiger partial charge on any atom is 0.191 e. The van der Waals surface area contributed by atoms with Crippen molar-refractivity contribution in [3.05, 3.63) is 65.2 Å². The van der Waals surface area contributed by atoms with Gasteiger partial charge in [0, 0.05) is 51.0 Å². The van der Waals surface area contributed by atoms with E-state index in [1.165, 1.54) is 22.4 Å². The lowest BCUT2D eigenvalue weighted by Crippen LogP contribution is -2.44. The van der Waals surface area contributed by atoms with Gasteiger partial charge in [0.15, 0.2) is 5.96 Å². The quantitative estimate of drug-likeness (QED) is 0.517. The van der Waals surface area contributed by atoms with Gasteiger partial charge in [0.05, 0.1) is 19.8 Å². The van der Waals surface area contributed by atoms with Gasteiger partial charge in [-0.15, -0.1) is 0 Å². The predicted molar refractivity (Wildman–Crippen MR) is 132 cm³/mol. The largest absolute Gasteiger partial charge is 0.379 e. The Morgan fingerprint density at radius 2 is 1.72 bits per heavy atom. The molecule has 2 heterocycles. The molecular formula is C26H37N5O. The predicted octanol–water partition coefficient (Wildman–Crippen LogP) is 3.16. The molecule has 0 saturated carbocycles. The van der Waals surface area contributed by atoms with Gasteiger partial charge < -0.3 is 20.3 Å². The Morgan fingerprint density at radius 1 is 1.00 bits per heavy atom. The molecule has 4 rings (SSSR count). The number of aryl methyl sites for hydroxylation is 1. The molecule has 6 nitrogen and oxygen atoms in total. The second-order valence-electron chi connectivity index (χ2n) is 8.81. The molecule has 1 atom stereocenters. The first-order valence-electron chi connectivity index (χ1n) is 11.9. The topological polar surface area (TPSA) is 52.1 Å². The summed E-state index contributed by atoms with van der Waals surface area (Å²) in [6.45, 7) is 12.6. The van der Waals surface area contributed by atoms with Gasteiger partial charge in [-0.1, -0.05) is 42.0 Å². The number of guanidine groups is 1. The Labute approximate surface area is 192 Å². The van der Waals surface area contributed by atoms with E-state index >= 15 is 0 Å². The van der Waals surface area contributed by atoms with Crippen molar-refractivity contribution in [2.75, 3.05) is 50.8 Å². The molecule has 2 aromatic rings. The van der Waals surface area contributed by atoms with Crippen LogP contribution in [-0.2, 0) is 17.8 Å². The van der Waals surface area contributed by atoms with Crippen LogP contribution in [0.2, 0.25) is 0 Å². The lowest BCUT2D eigenvalue weighted by Gasteiger charge is -2.26. The van der Waals surface area contributed by atoms with Crippen LogP contribution in [0.25, 0.3) is 0 Å². The third kappa shape index (κ3) is 6.47. The van der Waals surface area contributed by atoms with E-state index in [2.05, 4.69) is 82.8 Å². The minimum Gasteiger partial charge on any atom is -0.379 e. The van der Waals surface area contributed by atoms with Crippen LogP contribution in [0, 0.1) is 6.92 Å². The van der Waals surface area contributed by atoms with E-state index in [0.717, 1.165) is 64.9 Å². The Balaban J connectivity index is 1.29. The van der Waals surface area contributed by atoms with Crippen molar-refractivity contribution in [1.82, 2.24) is 15.5 Å². The van der Waals surface area contributed by atoms with E-state index in [1.54, 1.807) is 0 Å². The van der Waals surface area contributed by atoms with Crippen molar-refractivity contribution in [3.63, 3.8) is 0 Å². The first-order valence-corrected chi connectivity index (χ1v) is 11.9. The average molecular weight is 436 g/mol. The van der Waals surface area contributed by atoms with Gasteiger partial charge in [0.25, 0.3) is 0 Å². The molecule has 2 aromatic carbocycles. The molecule has 32 heavy (non-hydrogen) atoms. The molecule has 6 heteroatoms. The molecule has 0 bridgehead atoms. The summed E-state index contributed by atoms with van der Waals surface area (Å²) in [5.41, 5.74) is 5.20. The average Bonchev–Trinajstić information content (AvgIpc) is 3.28. The summed E-state index contributed by atoms with van der Waals surface area (Å²) >= 11 is 0. The van der Waals surface area contributed by atoms with Crippen LogP contribution in [0.15, 0.2) is 53.5 Å². The van der Waals surface area contributed by atoms with E-state index in [4.69, 9.17) is 9.73 Å². The number of nitrogens with zero attached hydrogens (tertiary/aromatic N) is 3. The first-order chi connectivity index (χ1) is 15.7. The molecule has 2 saturated heterocycles. The van der Waals surface area contributed by atoms with Crippen molar-refractivity contribution >= 4 is 11.6 Å². The van der Waals surface area contributed by atoms with Gasteiger partial charge in [-0.2, -0.15) is 0 Å². The zero-order valence-corrected chi connectivity index (χ0v) is 19.5. The van der Waals surface area contributed by atoms with Crippen LogP contribution in [0.4, 0.5) is 5.69 Å². The molecular weight excluding hydrogens is 398 g/mol. The van der Waals surface area contributed by atoms with Crippen LogP contribution < -0.4 is 15.5 Å². The summed E-state index contributed by atoms with van der Waals surface area (Å²) in [5, 5.41) is 7.05. The van der Waals surface area contributed by atoms with Crippen molar-refractivity contribution in [1.29, 1.82) is 0 Å². The van der Waals surface area contributed by atoms with E-state index in [0.29, 0.717) is 12.6 Å². The van der Waals surface area contributed by atoms with E-state index < -0.39 is 0 Å². The second kappa shape index (κ2) is 11.3. The van der Waals surface area contributed by atoms with Gasteiger partial charge in [0.1, 0.15) is 0 Å². The summed E-state index contributed by atoms with van der Waals surface area (Å²) in [6, 6.07) is 18.1. The number of aliphatic imine (C=N–C) groups is 1. The fraction of sp³-hybridized carbons (Fsp3) is 0.500. The number of rotatable bonds is 7. The van der Waals surface area contributed by atoms with Gasteiger partial charge in [-0.3, -0.25) is 4.90 Å². The fourth-order valence-electron chi connectivity index (χ4n) is 4.32. The van der Waals surface area contributed by atoms with Crippen LogP contribution in [0.3, 0.4) is 0 Å². The molecule has 0 aromatic heterocycles. The molecule has 2 aliphatic rings. The van der Waals surface area contributed by atoms with Gasteiger partial charge in [-0.05, 0) is 43.5 Å². The van der Waals surface area contributed by atoms with Crippen LogP contribution in [0.5, 0.6) is 0 Å². The smallest absolute Gasteiger partial charge is 0.191 e. The number of benzene rings is 2. The Morgan fingerprint density at radius 3 is 2.44 bits per heavy atom. The summed E-state index contributed by atoms with van der Waals surface area (Å²) in [4.78, 5) is 9.75. The maximum atomic E-state index is 5.44. The highest BCUT2D eigenvalue weighted by molar-refractivity contribution is 5.80. The number of hydrogen-bond donors (Lipinski definition) is 2. The summed E-state index contributed by atoms with van der Waals surface area (Å²) in [6.07, 6.45) is 1.12. The third-order valence-electron chi connectivity index (χ3n) is 6.23. The van der Waals surface area contributed by atoms with Crippen LogP contribution in [-0.4, -0.2) is 62.8 Å². The molecule has 1 unspecified atom stereocenters. The third-order valence-corrected chi connectivity index (χ3v) is 6.23. The maximum absolute atomic E-state index is 5.44. The fourth-order valence-corrected chi connectivity index (χ4v) is 4.32. The number of ether oxygens (including phenoxy) is 1. The van der Waals surface area contributed by atoms with Crippen molar-refractivity contribution in [2.24, 2.45) is 4.99 Å². The van der Waals surface area contributed by atoms with Gasteiger partial charge in [0.2, 0.25) is 0 Å². The molecule has 0 spiro atoms. The van der Waals surface area contributed by atoms with E-state index in [9.17, 15) is 0 Å². The zero-order chi connectivity index (χ0) is 22.2. The van der Waals surface area contributed by atoms with Gasteiger partial charge >= 0.3 is 0 Å². The molecule has 2 fully saturated rings. The number of morpholine rings is 1. The van der Waals surface area contributed by atoms with E-state index in [1.807, 2.05) is 0 Å². The summed E-state index contributed by atoms with van der Waals surface area (Å²) in [5.74, 6) is 0.903. The molecule has 2 N–H and O–H groups in total. The Hall–Kier alpha value is -2.57. The normalized spacial score (nSPS) is 19.9. The highest BCUT2D eigenvalue weighted by Gasteiger charge is 2.23. The summed E-state index contributed by atoms with van der Waals surface area (Å²) < 4.78 is 5.44. The number of anilines is 1. The van der Waals surface area contributed by atoms with E-state index in [-0.39, 0.29) is 0 Å². The number of nitrogens with one attached hydrogen (secondary N) is 2. The molecule has 0 amide bonds. The second-order valence-corrected chi connectivity index (χ2v) is 8.81. The standard InChI is InChI=1S/C26H37N5O/c1-3-27-26(29-24-12-13-31(20-24)25-10-4-21(2)5-11-25)28-18-22-6-8-23(9-7-22)19-30-14-16-32-17-15-30/h4-11,24H,3,12-20H2,1-2H3,(H2,27,28,29). The Bertz CT molecular complexity index is 859.